The summed E-state index contributed by atoms with van der Waals surface area (Å²) in [7, 11) is 0. The second-order valence-electron chi connectivity index (χ2n) is 6.52. The average Bonchev–Trinajstić information content (AvgIpc) is 2.58. The van der Waals surface area contributed by atoms with Crippen LogP contribution in [0.3, 0.4) is 0 Å². The molecule has 1 aromatic heterocycles. The molecule has 2 heterocycles. The van der Waals surface area contributed by atoms with E-state index in [0.717, 1.165) is 49.9 Å². The lowest BCUT2D eigenvalue weighted by Crippen LogP contribution is -2.44. The average molecular weight is 310 g/mol. The molecule has 1 aliphatic rings. The topological polar surface area (TPSA) is 41.1 Å². The van der Waals surface area contributed by atoms with Crippen molar-refractivity contribution in [3.63, 3.8) is 0 Å². The van der Waals surface area contributed by atoms with E-state index in [1.54, 1.807) is 0 Å². The third-order valence-electron chi connectivity index (χ3n) is 4.37. The van der Waals surface area contributed by atoms with Gasteiger partial charge in [-0.25, -0.2) is 9.97 Å². The van der Waals surface area contributed by atoms with Crippen LogP contribution in [-0.2, 0) is 6.42 Å². The molecule has 0 spiro atoms. The molecule has 1 fully saturated rings. The smallest absolute Gasteiger partial charge is 0.136 e. The Morgan fingerprint density at radius 2 is 1.78 bits per heavy atom. The minimum absolute atomic E-state index is 0.348. The van der Waals surface area contributed by atoms with Crippen LogP contribution in [0.2, 0.25) is 0 Å². The third-order valence-corrected chi connectivity index (χ3v) is 4.37. The van der Waals surface area contributed by atoms with Crippen molar-refractivity contribution in [3.8, 4) is 0 Å². The Bertz CT molecular complexity index is 646. The van der Waals surface area contributed by atoms with Gasteiger partial charge in [-0.2, -0.15) is 0 Å². The molecule has 0 saturated carbocycles. The highest BCUT2D eigenvalue weighted by molar-refractivity contribution is 5.52. The summed E-state index contributed by atoms with van der Waals surface area (Å²) in [4.78, 5) is 12.1. The molecule has 0 amide bonds. The Balaban J connectivity index is 2.01. The zero-order chi connectivity index (χ0) is 16.2. The van der Waals surface area contributed by atoms with Gasteiger partial charge >= 0.3 is 0 Å². The second-order valence-corrected chi connectivity index (χ2v) is 6.52. The van der Waals surface area contributed by atoms with Crippen molar-refractivity contribution in [2.24, 2.45) is 0 Å². The predicted molar refractivity (Wildman–Crippen MR) is 95.2 cm³/mol. The maximum atomic E-state index is 4.94. The van der Waals surface area contributed by atoms with Crippen molar-refractivity contribution >= 4 is 5.82 Å². The van der Waals surface area contributed by atoms with Crippen molar-refractivity contribution in [3.05, 3.63) is 53.0 Å². The molecule has 23 heavy (non-hydrogen) atoms. The number of nitrogens with one attached hydrogen (secondary N) is 1. The normalized spacial score (nSPS) is 15.2. The van der Waals surface area contributed by atoms with E-state index in [1.807, 2.05) is 0 Å². The number of hydrogen-bond acceptors (Lipinski definition) is 4. The summed E-state index contributed by atoms with van der Waals surface area (Å²) in [5.41, 5.74) is 3.69. The molecule has 3 rings (SSSR count). The van der Waals surface area contributed by atoms with Gasteiger partial charge in [0, 0.05) is 49.8 Å². The van der Waals surface area contributed by atoms with E-state index in [9.17, 15) is 0 Å². The number of nitrogens with zero attached hydrogens (tertiary/aromatic N) is 3. The number of benzene rings is 1. The predicted octanol–water partition coefficient (Wildman–Crippen LogP) is 2.91. The maximum Gasteiger partial charge on any atom is 0.136 e. The van der Waals surface area contributed by atoms with Crippen LogP contribution in [0.15, 0.2) is 30.3 Å². The summed E-state index contributed by atoms with van der Waals surface area (Å²) in [5.74, 6) is 2.43. The number of rotatable bonds is 4. The van der Waals surface area contributed by atoms with Crippen molar-refractivity contribution in [2.75, 3.05) is 31.1 Å². The second kappa shape index (κ2) is 7.09. The van der Waals surface area contributed by atoms with Gasteiger partial charge in [-0.3, -0.25) is 0 Å². The molecule has 1 aliphatic heterocycles. The van der Waals surface area contributed by atoms with E-state index < -0.39 is 0 Å². The maximum absolute atomic E-state index is 4.94. The lowest BCUT2D eigenvalue weighted by Gasteiger charge is -2.31. The van der Waals surface area contributed by atoms with Crippen LogP contribution < -0.4 is 10.2 Å². The molecule has 2 aromatic rings. The molecule has 0 radical (unpaired) electrons. The highest BCUT2D eigenvalue weighted by Gasteiger charge is 2.20. The van der Waals surface area contributed by atoms with E-state index >= 15 is 0 Å². The lowest BCUT2D eigenvalue weighted by molar-refractivity contribution is 0.580. The van der Waals surface area contributed by atoms with Crippen LogP contribution in [-0.4, -0.2) is 36.1 Å². The van der Waals surface area contributed by atoms with E-state index in [-0.39, 0.29) is 0 Å². The summed E-state index contributed by atoms with van der Waals surface area (Å²) in [6, 6.07) is 10.6. The first-order valence-corrected chi connectivity index (χ1v) is 8.52. The van der Waals surface area contributed by atoms with E-state index in [2.05, 4.69) is 61.3 Å². The molecule has 4 heteroatoms. The highest BCUT2D eigenvalue weighted by Crippen LogP contribution is 2.26. The fourth-order valence-corrected chi connectivity index (χ4v) is 3.01. The van der Waals surface area contributed by atoms with Gasteiger partial charge in [-0.05, 0) is 12.5 Å². The molecule has 1 aromatic carbocycles. The van der Waals surface area contributed by atoms with Gasteiger partial charge in [0.2, 0.25) is 0 Å². The standard InChI is InChI=1S/C19H26N4/c1-14(2)18-21-15(3)17(13-16-7-5-4-6-8-16)19(22-18)23-11-9-20-10-12-23/h4-8,14,20H,9-13H2,1-3H3. The monoisotopic (exact) mass is 310 g/mol. The number of aryl methyl sites for hydroxylation is 1. The molecule has 0 bridgehead atoms. The first kappa shape index (κ1) is 15.9. The minimum Gasteiger partial charge on any atom is -0.354 e. The molecule has 0 aliphatic carbocycles. The SMILES string of the molecule is Cc1nc(C(C)C)nc(N2CCNCC2)c1Cc1ccccc1. The van der Waals surface area contributed by atoms with Crippen LogP contribution in [0.1, 0.15) is 42.4 Å². The summed E-state index contributed by atoms with van der Waals surface area (Å²) >= 11 is 0. The van der Waals surface area contributed by atoms with Crippen molar-refractivity contribution < 1.29 is 0 Å². The number of aromatic nitrogens is 2. The summed E-state index contributed by atoms with van der Waals surface area (Å²) in [6.45, 7) is 10.5. The van der Waals surface area contributed by atoms with Gasteiger partial charge in [0.1, 0.15) is 11.6 Å². The van der Waals surface area contributed by atoms with Gasteiger partial charge in [0.15, 0.2) is 0 Å². The van der Waals surface area contributed by atoms with E-state index in [0.29, 0.717) is 5.92 Å². The number of piperazine rings is 1. The summed E-state index contributed by atoms with van der Waals surface area (Å²) in [6.07, 6.45) is 0.893. The third kappa shape index (κ3) is 3.70. The van der Waals surface area contributed by atoms with Gasteiger partial charge in [-0.1, -0.05) is 44.2 Å². The van der Waals surface area contributed by atoms with Crippen LogP contribution in [0.5, 0.6) is 0 Å². The van der Waals surface area contributed by atoms with Gasteiger partial charge in [-0.15, -0.1) is 0 Å². The minimum atomic E-state index is 0.348. The zero-order valence-electron chi connectivity index (χ0n) is 14.3. The molecule has 1 N–H and O–H groups in total. The Morgan fingerprint density at radius 1 is 1.09 bits per heavy atom. The number of anilines is 1. The van der Waals surface area contributed by atoms with E-state index in [4.69, 9.17) is 9.97 Å². The quantitative estimate of drug-likeness (QED) is 0.943. The Hall–Kier alpha value is -1.94. The Morgan fingerprint density at radius 3 is 2.43 bits per heavy atom. The molecular weight excluding hydrogens is 284 g/mol. The molecule has 4 nitrogen and oxygen atoms in total. The van der Waals surface area contributed by atoms with Gasteiger partial charge in [0.05, 0.1) is 0 Å². The van der Waals surface area contributed by atoms with Crippen LogP contribution >= 0.6 is 0 Å². The first-order chi connectivity index (χ1) is 11.1. The van der Waals surface area contributed by atoms with Crippen LogP contribution in [0, 0.1) is 6.92 Å². The highest BCUT2D eigenvalue weighted by atomic mass is 15.2. The largest absolute Gasteiger partial charge is 0.354 e. The molecule has 0 atom stereocenters. The van der Waals surface area contributed by atoms with Gasteiger partial charge < -0.3 is 10.2 Å². The Labute approximate surface area is 139 Å². The molecule has 122 valence electrons. The first-order valence-electron chi connectivity index (χ1n) is 8.52. The molecule has 1 saturated heterocycles. The Kier molecular flexibility index (Phi) is 4.91. The summed E-state index contributed by atoms with van der Waals surface area (Å²) < 4.78 is 0. The van der Waals surface area contributed by atoms with Crippen molar-refractivity contribution in [1.82, 2.24) is 15.3 Å². The number of hydrogen-bond donors (Lipinski definition) is 1. The van der Waals surface area contributed by atoms with Crippen LogP contribution in [0.4, 0.5) is 5.82 Å². The molecule has 0 unspecified atom stereocenters. The summed E-state index contributed by atoms with van der Waals surface area (Å²) in [5, 5.41) is 3.42. The molecular formula is C19H26N4. The lowest BCUT2D eigenvalue weighted by atomic mass is 10.0. The van der Waals surface area contributed by atoms with Crippen molar-refractivity contribution in [2.45, 2.75) is 33.1 Å². The van der Waals surface area contributed by atoms with Crippen LogP contribution in [0.25, 0.3) is 0 Å². The fourth-order valence-electron chi connectivity index (χ4n) is 3.01. The zero-order valence-corrected chi connectivity index (χ0v) is 14.3. The fraction of sp³-hybridized carbons (Fsp3) is 0.474. The van der Waals surface area contributed by atoms with Gasteiger partial charge in [0.25, 0.3) is 0 Å². The van der Waals surface area contributed by atoms with Crippen molar-refractivity contribution in [1.29, 1.82) is 0 Å². The van der Waals surface area contributed by atoms with E-state index in [1.165, 1.54) is 11.1 Å².